The second kappa shape index (κ2) is 6.95. The fourth-order valence-electron chi connectivity index (χ4n) is 4.32. The second-order valence-corrected chi connectivity index (χ2v) is 7.46. The molecule has 7 nitrogen and oxygen atoms in total. The molecular weight excluding hydrogens is 398 g/mol. The molecule has 0 saturated heterocycles. The van der Waals surface area contributed by atoms with E-state index in [1.807, 2.05) is 77.4 Å². The highest BCUT2D eigenvalue weighted by molar-refractivity contribution is 6.07. The number of aromatic nitrogens is 5. The van der Waals surface area contributed by atoms with Crippen LogP contribution in [-0.4, -0.2) is 24.1 Å². The summed E-state index contributed by atoms with van der Waals surface area (Å²) in [5, 5.41) is 0.929. The SMILES string of the molecule is Nc1c(-c2c(N)c3ncccc3n2-c2ccccn2)n(-c2ccccn2)c2ccccc12. The Morgan fingerprint density at radius 2 is 1.09 bits per heavy atom. The molecule has 154 valence electrons. The molecule has 0 aliphatic heterocycles. The average Bonchev–Trinajstić information content (AvgIpc) is 3.31. The topological polar surface area (TPSA) is 101 Å². The first-order chi connectivity index (χ1) is 15.8. The summed E-state index contributed by atoms with van der Waals surface area (Å²) in [5.41, 5.74) is 18.7. The number of fused-ring (bicyclic) bond motifs is 2. The van der Waals surface area contributed by atoms with Gasteiger partial charge in [0.2, 0.25) is 0 Å². The normalized spacial score (nSPS) is 11.4. The van der Waals surface area contributed by atoms with Gasteiger partial charge in [-0.3, -0.25) is 14.1 Å². The molecule has 0 saturated carbocycles. The quantitative estimate of drug-likeness (QED) is 0.439. The van der Waals surface area contributed by atoms with Crippen molar-refractivity contribution in [2.45, 2.75) is 0 Å². The number of anilines is 2. The van der Waals surface area contributed by atoms with Gasteiger partial charge >= 0.3 is 0 Å². The Balaban J connectivity index is 1.82. The van der Waals surface area contributed by atoms with Gasteiger partial charge in [0.15, 0.2) is 0 Å². The van der Waals surface area contributed by atoms with Gasteiger partial charge in [0.25, 0.3) is 0 Å². The minimum atomic E-state index is 0.540. The van der Waals surface area contributed by atoms with E-state index in [1.54, 1.807) is 18.6 Å². The molecule has 0 atom stereocenters. The van der Waals surface area contributed by atoms with Gasteiger partial charge in [-0.2, -0.15) is 0 Å². The highest BCUT2D eigenvalue weighted by atomic mass is 15.1. The average molecular weight is 417 g/mol. The van der Waals surface area contributed by atoms with Crippen LogP contribution in [0.15, 0.2) is 91.4 Å². The standard InChI is InChI=1S/C25H19N7/c26-21-16-8-1-2-9-17(16)31(19-11-3-5-13-28-19)24(21)25-22(27)23-18(10-7-15-30-23)32(25)20-12-4-6-14-29-20/h1-15H,26-27H2. The third kappa shape index (κ3) is 2.51. The van der Waals surface area contributed by atoms with Crippen molar-refractivity contribution >= 4 is 33.3 Å². The molecule has 5 heterocycles. The number of rotatable bonds is 3. The van der Waals surface area contributed by atoms with E-state index in [-0.39, 0.29) is 0 Å². The van der Waals surface area contributed by atoms with Crippen molar-refractivity contribution in [1.29, 1.82) is 0 Å². The third-order valence-electron chi connectivity index (χ3n) is 5.66. The van der Waals surface area contributed by atoms with Gasteiger partial charge in [-0.05, 0) is 42.5 Å². The lowest BCUT2D eigenvalue weighted by Crippen LogP contribution is -2.07. The molecule has 1 aromatic carbocycles. The zero-order valence-electron chi connectivity index (χ0n) is 17.1. The number of nitrogen functional groups attached to an aromatic ring is 2. The first-order valence-corrected chi connectivity index (χ1v) is 10.2. The van der Waals surface area contributed by atoms with Crippen LogP contribution in [0.5, 0.6) is 0 Å². The molecule has 7 heteroatoms. The van der Waals surface area contributed by atoms with E-state index in [1.165, 1.54) is 0 Å². The van der Waals surface area contributed by atoms with E-state index in [2.05, 4.69) is 19.5 Å². The van der Waals surface area contributed by atoms with Crippen LogP contribution in [0.3, 0.4) is 0 Å². The van der Waals surface area contributed by atoms with Gasteiger partial charge in [-0.1, -0.05) is 30.3 Å². The molecule has 4 N–H and O–H groups in total. The lowest BCUT2D eigenvalue weighted by Gasteiger charge is -2.14. The van der Waals surface area contributed by atoms with E-state index in [4.69, 9.17) is 11.5 Å². The lowest BCUT2D eigenvalue weighted by atomic mass is 10.2. The first-order valence-electron chi connectivity index (χ1n) is 10.2. The maximum absolute atomic E-state index is 6.79. The smallest absolute Gasteiger partial charge is 0.137 e. The Labute approximate surface area is 183 Å². The second-order valence-electron chi connectivity index (χ2n) is 7.46. The molecule has 6 aromatic rings. The molecule has 0 aliphatic carbocycles. The molecule has 0 bridgehead atoms. The summed E-state index contributed by atoms with van der Waals surface area (Å²) in [4.78, 5) is 13.8. The van der Waals surface area contributed by atoms with Crippen molar-refractivity contribution in [2.24, 2.45) is 0 Å². The predicted molar refractivity (Wildman–Crippen MR) is 128 cm³/mol. The molecule has 0 fully saturated rings. The van der Waals surface area contributed by atoms with Crippen LogP contribution in [0.1, 0.15) is 0 Å². The molecule has 0 aliphatic rings. The van der Waals surface area contributed by atoms with E-state index >= 15 is 0 Å². The van der Waals surface area contributed by atoms with Gasteiger partial charge in [-0.15, -0.1) is 0 Å². The Kier molecular flexibility index (Phi) is 3.94. The van der Waals surface area contributed by atoms with Crippen LogP contribution in [0.4, 0.5) is 11.4 Å². The molecule has 0 unspecified atom stereocenters. The summed E-state index contributed by atoms with van der Waals surface area (Å²) in [5.74, 6) is 1.48. The summed E-state index contributed by atoms with van der Waals surface area (Å²) in [6.07, 6.45) is 5.27. The maximum Gasteiger partial charge on any atom is 0.137 e. The molecule has 0 amide bonds. The highest BCUT2D eigenvalue weighted by Gasteiger charge is 2.27. The van der Waals surface area contributed by atoms with E-state index in [9.17, 15) is 0 Å². The summed E-state index contributed by atoms with van der Waals surface area (Å²) >= 11 is 0. The monoisotopic (exact) mass is 417 g/mol. The molecule has 5 aromatic heterocycles. The summed E-state index contributed by atoms with van der Waals surface area (Å²) < 4.78 is 4.07. The van der Waals surface area contributed by atoms with E-state index in [0.717, 1.165) is 39.4 Å². The lowest BCUT2D eigenvalue weighted by molar-refractivity contribution is 1.00. The Morgan fingerprint density at radius 3 is 1.78 bits per heavy atom. The van der Waals surface area contributed by atoms with Crippen molar-refractivity contribution in [3.05, 3.63) is 91.4 Å². The van der Waals surface area contributed by atoms with Gasteiger partial charge in [0, 0.05) is 24.0 Å². The minimum Gasteiger partial charge on any atom is -0.396 e. The Hall–Kier alpha value is -4.65. The largest absolute Gasteiger partial charge is 0.396 e. The first kappa shape index (κ1) is 18.1. The third-order valence-corrected chi connectivity index (χ3v) is 5.66. The zero-order chi connectivity index (χ0) is 21.7. The van der Waals surface area contributed by atoms with Gasteiger partial charge in [0.05, 0.1) is 33.8 Å². The van der Waals surface area contributed by atoms with Crippen LogP contribution in [0.2, 0.25) is 0 Å². The molecule has 0 spiro atoms. The van der Waals surface area contributed by atoms with Crippen LogP contribution in [0, 0.1) is 0 Å². The molecular formula is C25H19N7. The molecule has 32 heavy (non-hydrogen) atoms. The minimum absolute atomic E-state index is 0.540. The predicted octanol–water partition coefficient (Wildman–Crippen LogP) is 4.59. The summed E-state index contributed by atoms with van der Waals surface area (Å²) in [6.45, 7) is 0. The Bertz CT molecular complexity index is 1460. The fourth-order valence-corrected chi connectivity index (χ4v) is 4.32. The van der Waals surface area contributed by atoms with Crippen LogP contribution >= 0.6 is 0 Å². The van der Waals surface area contributed by atoms with Crippen molar-refractivity contribution in [2.75, 3.05) is 11.5 Å². The number of benzene rings is 1. The van der Waals surface area contributed by atoms with Crippen molar-refractivity contribution < 1.29 is 0 Å². The zero-order valence-corrected chi connectivity index (χ0v) is 17.1. The number of pyridine rings is 3. The number of para-hydroxylation sites is 1. The Morgan fingerprint density at radius 1 is 0.531 bits per heavy atom. The summed E-state index contributed by atoms with van der Waals surface area (Å²) in [7, 11) is 0. The summed E-state index contributed by atoms with van der Waals surface area (Å²) in [6, 6.07) is 23.5. The molecule has 6 rings (SSSR count). The van der Waals surface area contributed by atoms with Crippen molar-refractivity contribution in [3.63, 3.8) is 0 Å². The van der Waals surface area contributed by atoms with E-state index < -0.39 is 0 Å². The fraction of sp³-hybridized carbons (Fsp3) is 0. The highest BCUT2D eigenvalue weighted by Crippen LogP contribution is 2.44. The number of hydrogen-bond acceptors (Lipinski definition) is 5. The number of hydrogen-bond donors (Lipinski definition) is 2. The maximum atomic E-state index is 6.79. The van der Waals surface area contributed by atoms with Gasteiger partial charge in [-0.25, -0.2) is 9.97 Å². The van der Waals surface area contributed by atoms with Crippen LogP contribution in [0.25, 0.3) is 45.0 Å². The van der Waals surface area contributed by atoms with Crippen LogP contribution in [-0.2, 0) is 0 Å². The van der Waals surface area contributed by atoms with Gasteiger partial charge in [0.1, 0.15) is 17.2 Å². The molecule has 0 radical (unpaired) electrons. The van der Waals surface area contributed by atoms with E-state index in [0.29, 0.717) is 16.9 Å². The van der Waals surface area contributed by atoms with Crippen molar-refractivity contribution in [3.8, 4) is 23.0 Å². The number of nitrogens with zero attached hydrogens (tertiary/aromatic N) is 5. The van der Waals surface area contributed by atoms with Crippen molar-refractivity contribution in [1.82, 2.24) is 24.1 Å². The van der Waals surface area contributed by atoms with Crippen LogP contribution < -0.4 is 11.5 Å². The van der Waals surface area contributed by atoms with Gasteiger partial charge < -0.3 is 11.5 Å². The number of nitrogens with two attached hydrogens (primary N) is 2.